The fraction of sp³-hybridized carbons (Fsp3) is 0.727. The summed E-state index contributed by atoms with van der Waals surface area (Å²) in [6.07, 6.45) is 3.57. The van der Waals surface area contributed by atoms with Gasteiger partial charge in [0.15, 0.2) is 5.82 Å². The molecular weight excluding hydrogens is 266 g/mol. The minimum absolute atomic E-state index is 0.00731. The maximum atomic E-state index is 12.3. The molecule has 0 aromatic carbocycles. The third-order valence-electron chi connectivity index (χ3n) is 4.07. The van der Waals surface area contributed by atoms with E-state index in [1.54, 1.807) is 7.05 Å². The van der Waals surface area contributed by atoms with Crippen molar-refractivity contribution in [3.63, 3.8) is 0 Å². The highest BCUT2D eigenvalue weighted by molar-refractivity contribution is 7.89. The Hall–Kier alpha value is -1.12. The highest BCUT2D eigenvalue weighted by Crippen LogP contribution is 2.29. The number of nitrogens with two attached hydrogens (primary N) is 1. The molecule has 0 saturated carbocycles. The number of nitrogen functional groups attached to an aromatic ring is 1. The van der Waals surface area contributed by atoms with Crippen molar-refractivity contribution < 1.29 is 8.42 Å². The van der Waals surface area contributed by atoms with Crippen LogP contribution in [0.5, 0.6) is 0 Å². The summed E-state index contributed by atoms with van der Waals surface area (Å²) in [5.41, 5.74) is 5.65. The van der Waals surface area contributed by atoms with Gasteiger partial charge in [0.1, 0.15) is 4.90 Å². The van der Waals surface area contributed by atoms with E-state index < -0.39 is 10.0 Å². The molecule has 2 bridgehead atoms. The lowest BCUT2D eigenvalue weighted by Gasteiger charge is -2.44. The van der Waals surface area contributed by atoms with Crippen molar-refractivity contribution in [2.45, 2.75) is 23.8 Å². The molecular formula is C11H19N5O2S. The molecule has 19 heavy (non-hydrogen) atoms. The van der Waals surface area contributed by atoms with Crippen LogP contribution < -0.4 is 10.5 Å². The largest absolute Gasteiger partial charge is 0.381 e. The number of rotatable bonds is 3. The quantitative estimate of drug-likeness (QED) is 0.771. The van der Waals surface area contributed by atoms with E-state index >= 15 is 0 Å². The lowest BCUT2D eigenvalue weighted by atomic mass is 9.85. The molecule has 1 atom stereocenters. The molecule has 8 heteroatoms. The van der Waals surface area contributed by atoms with E-state index in [-0.39, 0.29) is 16.8 Å². The van der Waals surface area contributed by atoms with Crippen LogP contribution in [0.1, 0.15) is 12.8 Å². The predicted molar refractivity (Wildman–Crippen MR) is 70.9 cm³/mol. The summed E-state index contributed by atoms with van der Waals surface area (Å²) >= 11 is 0. The second-order valence-corrected chi connectivity index (χ2v) is 7.10. The molecule has 3 saturated heterocycles. The van der Waals surface area contributed by atoms with Crippen molar-refractivity contribution >= 4 is 15.8 Å². The summed E-state index contributed by atoms with van der Waals surface area (Å²) in [6.45, 7) is 2.96. The van der Waals surface area contributed by atoms with Gasteiger partial charge in [-0.2, -0.15) is 5.10 Å². The molecule has 3 N–H and O–H groups in total. The lowest BCUT2D eigenvalue weighted by Crippen LogP contribution is -2.57. The van der Waals surface area contributed by atoms with E-state index in [9.17, 15) is 8.42 Å². The summed E-state index contributed by atoms with van der Waals surface area (Å²) in [5.74, 6) is 0.494. The highest BCUT2D eigenvalue weighted by atomic mass is 32.2. The van der Waals surface area contributed by atoms with Gasteiger partial charge < -0.3 is 10.6 Å². The normalized spacial score (nSPS) is 30.7. The zero-order valence-corrected chi connectivity index (χ0v) is 11.7. The number of fused-ring (bicyclic) bond motifs is 3. The van der Waals surface area contributed by atoms with Gasteiger partial charge >= 0.3 is 0 Å². The summed E-state index contributed by atoms with van der Waals surface area (Å²) in [4.78, 5) is 2.38. The Morgan fingerprint density at radius 1 is 1.42 bits per heavy atom. The van der Waals surface area contributed by atoms with E-state index in [1.807, 2.05) is 0 Å². The van der Waals surface area contributed by atoms with E-state index in [2.05, 4.69) is 14.7 Å². The maximum absolute atomic E-state index is 12.3. The molecule has 7 nitrogen and oxygen atoms in total. The summed E-state index contributed by atoms with van der Waals surface area (Å²) in [6, 6.07) is -0.00731. The second-order valence-electron chi connectivity index (χ2n) is 5.42. The van der Waals surface area contributed by atoms with Gasteiger partial charge in [-0.25, -0.2) is 13.1 Å². The van der Waals surface area contributed by atoms with Crippen molar-refractivity contribution in [1.29, 1.82) is 0 Å². The van der Waals surface area contributed by atoms with Gasteiger partial charge in [-0.15, -0.1) is 0 Å². The Bertz CT molecular complexity index is 574. The first-order valence-corrected chi connectivity index (χ1v) is 7.98. The predicted octanol–water partition coefficient (Wildman–Crippen LogP) is -0.625. The molecule has 4 heterocycles. The van der Waals surface area contributed by atoms with Crippen LogP contribution in [0.15, 0.2) is 11.1 Å². The van der Waals surface area contributed by atoms with E-state index in [4.69, 9.17) is 5.73 Å². The minimum atomic E-state index is -3.58. The number of aromatic nitrogens is 2. The third kappa shape index (κ3) is 2.35. The number of nitrogens with zero attached hydrogens (tertiary/aromatic N) is 3. The molecule has 0 spiro atoms. The average molecular weight is 285 g/mol. The van der Waals surface area contributed by atoms with Gasteiger partial charge in [-0.1, -0.05) is 0 Å². The monoisotopic (exact) mass is 285 g/mol. The smallest absolute Gasteiger partial charge is 0.246 e. The van der Waals surface area contributed by atoms with Crippen LogP contribution in [-0.4, -0.2) is 48.8 Å². The van der Waals surface area contributed by atoms with Crippen molar-refractivity contribution in [3.05, 3.63) is 6.20 Å². The average Bonchev–Trinajstić information content (AvgIpc) is 2.70. The van der Waals surface area contributed by atoms with Gasteiger partial charge in [0.2, 0.25) is 10.0 Å². The van der Waals surface area contributed by atoms with Crippen LogP contribution in [0.25, 0.3) is 0 Å². The molecule has 0 aliphatic carbocycles. The lowest BCUT2D eigenvalue weighted by molar-refractivity contribution is 0.0827. The number of anilines is 1. The van der Waals surface area contributed by atoms with Gasteiger partial charge in [0.25, 0.3) is 0 Å². The van der Waals surface area contributed by atoms with Gasteiger partial charge in [0, 0.05) is 25.8 Å². The van der Waals surface area contributed by atoms with Gasteiger partial charge in [-0.3, -0.25) is 4.68 Å². The number of hydrogen-bond acceptors (Lipinski definition) is 5. The van der Waals surface area contributed by atoms with E-state index in [0.29, 0.717) is 5.92 Å². The molecule has 1 unspecified atom stereocenters. The van der Waals surface area contributed by atoms with Crippen LogP contribution in [0.2, 0.25) is 0 Å². The Kier molecular flexibility index (Phi) is 3.03. The Balaban J connectivity index is 1.80. The zero-order chi connectivity index (χ0) is 13.6. The fourth-order valence-electron chi connectivity index (χ4n) is 3.05. The molecule has 4 rings (SSSR count). The number of sulfonamides is 1. The van der Waals surface area contributed by atoms with Crippen molar-refractivity contribution in [3.8, 4) is 0 Å². The first kappa shape index (κ1) is 12.9. The Morgan fingerprint density at radius 3 is 2.58 bits per heavy atom. The molecule has 0 radical (unpaired) electrons. The molecule has 3 aliphatic heterocycles. The Morgan fingerprint density at radius 2 is 2.11 bits per heavy atom. The van der Waals surface area contributed by atoms with Gasteiger partial charge in [0.05, 0.1) is 0 Å². The summed E-state index contributed by atoms with van der Waals surface area (Å²) in [5, 5.41) is 3.88. The molecule has 1 aromatic rings. The molecule has 106 valence electrons. The molecule has 3 fully saturated rings. The van der Waals surface area contributed by atoms with E-state index in [0.717, 1.165) is 32.5 Å². The second kappa shape index (κ2) is 4.46. The Labute approximate surface area is 112 Å². The van der Waals surface area contributed by atoms with E-state index in [1.165, 1.54) is 10.9 Å². The van der Waals surface area contributed by atoms with Crippen molar-refractivity contribution in [1.82, 2.24) is 19.4 Å². The highest BCUT2D eigenvalue weighted by Gasteiger charge is 2.37. The van der Waals surface area contributed by atoms with Crippen molar-refractivity contribution in [2.24, 2.45) is 13.0 Å². The van der Waals surface area contributed by atoms with Crippen molar-refractivity contribution in [2.75, 3.05) is 25.4 Å². The molecule has 0 amide bonds. The standard InChI is InChI=1S/C11H19N5O2S/c1-15-7-10(11(12)13-15)19(17,18)14-9-6-16-4-2-8(9)3-5-16/h7-9,14H,2-6H2,1H3,(H2,12,13). The fourth-order valence-corrected chi connectivity index (χ4v) is 4.45. The van der Waals surface area contributed by atoms with Crippen LogP contribution in [0.3, 0.4) is 0 Å². The summed E-state index contributed by atoms with van der Waals surface area (Å²) < 4.78 is 28.9. The molecule has 3 aliphatic rings. The van der Waals surface area contributed by atoms with Gasteiger partial charge in [-0.05, 0) is 31.8 Å². The maximum Gasteiger partial charge on any atom is 0.246 e. The number of hydrogen-bond donors (Lipinski definition) is 2. The zero-order valence-electron chi connectivity index (χ0n) is 10.9. The van der Waals surface area contributed by atoms with Crippen LogP contribution in [-0.2, 0) is 17.1 Å². The third-order valence-corrected chi connectivity index (χ3v) is 5.58. The minimum Gasteiger partial charge on any atom is -0.381 e. The number of nitrogens with one attached hydrogen (secondary N) is 1. The van der Waals surface area contributed by atoms with Crippen LogP contribution >= 0.6 is 0 Å². The topological polar surface area (TPSA) is 93.2 Å². The molecule has 1 aromatic heterocycles. The first-order valence-electron chi connectivity index (χ1n) is 6.49. The number of piperidine rings is 3. The number of aryl methyl sites for hydroxylation is 1. The summed E-state index contributed by atoms with van der Waals surface area (Å²) in [7, 11) is -1.92. The SMILES string of the molecule is Cn1cc(S(=O)(=O)NC2CN3CCC2CC3)c(N)n1. The first-order chi connectivity index (χ1) is 8.95. The van der Waals surface area contributed by atoms with Crippen LogP contribution in [0, 0.1) is 5.92 Å². The van der Waals surface area contributed by atoms with Crippen LogP contribution in [0.4, 0.5) is 5.82 Å².